The minimum absolute atomic E-state index is 0.0793. The molecule has 0 aliphatic carbocycles. The number of ether oxygens (including phenoxy) is 2. The molecule has 0 atom stereocenters. The third-order valence-electron chi connectivity index (χ3n) is 1.66. The smallest absolute Gasteiger partial charge is 0.337 e. The van der Waals surface area contributed by atoms with Gasteiger partial charge in [-0.2, -0.15) is 0 Å². The fraction of sp³-hybridized carbons (Fsp3) is 0.727. The van der Waals surface area contributed by atoms with Crippen LogP contribution in [0.3, 0.4) is 0 Å². The second-order valence-corrected chi connectivity index (χ2v) is 3.44. The van der Waals surface area contributed by atoms with Crippen molar-refractivity contribution in [2.45, 2.75) is 46.1 Å². The zero-order valence-electron chi connectivity index (χ0n) is 9.50. The fourth-order valence-corrected chi connectivity index (χ4v) is 1.01. The third kappa shape index (κ3) is 5.62. The summed E-state index contributed by atoms with van der Waals surface area (Å²) in [5.74, 6) is -0.268. The summed E-state index contributed by atoms with van der Waals surface area (Å²) in [6, 6.07) is 0. The van der Waals surface area contributed by atoms with Gasteiger partial charge < -0.3 is 9.47 Å². The van der Waals surface area contributed by atoms with E-state index in [4.69, 9.17) is 9.47 Å². The van der Waals surface area contributed by atoms with Crippen LogP contribution in [0.15, 0.2) is 11.8 Å². The summed E-state index contributed by atoms with van der Waals surface area (Å²) in [4.78, 5) is 11.5. The lowest BCUT2D eigenvalue weighted by molar-refractivity contribution is -0.143. The van der Waals surface area contributed by atoms with Gasteiger partial charge in [0.15, 0.2) is 0 Å². The molecule has 0 fully saturated rings. The first-order chi connectivity index (χ1) is 6.61. The summed E-state index contributed by atoms with van der Waals surface area (Å²) in [7, 11) is 1.54. The van der Waals surface area contributed by atoms with Gasteiger partial charge in [0.05, 0.1) is 25.0 Å². The molecule has 0 aromatic heterocycles. The zero-order valence-corrected chi connectivity index (χ0v) is 9.50. The van der Waals surface area contributed by atoms with Crippen LogP contribution >= 0.6 is 0 Å². The number of carbonyl (C=O) groups is 1. The predicted octanol–water partition coefficient (Wildman–Crippen LogP) is 2.66. The lowest BCUT2D eigenvalue weighted by Gasteiger charge is -2.10. The van der Waals surface area contributed by atoms with E-state index >= 15 is 0 Å². The number of rotatable bonds is 6. The predicted molar refractivity (Wildman–Crippen MR) is 55.8 cm³/mol. The largest absolute Gasteiger partial charge is 0.504 e. The van der Waals surface area contributed by atoms with Crippen LogP contribution in [0, 0.1) is 0 Å². The van der Waals surface area contributed by atoms with Gasteiger partial charge in [-0.25, -0.2) is 4.79 Å². The quantitative estimate of drug-likeness (QED) is 0.375. The molecule has 0 amide bonds. The molecule has 0 bridgehead atoms. The van der Waals surface area contributed by atoms with Gasteiger partial charge in [0.1, 0.15) is 0 Å². The Balaban J connectivity index is 4.19. The first-order valence-electron chi connectivity index (χ1n) is 5.04. The molecular formula is C11H20O3. The van der Waals surface area contributed by atoms with Crippen LogP contribution in [-0.4, -0.2) is 19.2 Å². The third-order valence-corrected chi connectivity index (χ3v) is 1.66. The molecule has 0 saturated carbocycles. The highest BCUT2D eigenvalue weighted by Crippen LogP contribution is 2.10. The van der Waals surface area contributed by atoms with Crippen LogP contribution in [0.2, 0.25) is 0 Å². The molecule has 0 aromatic rings. The first-order valence-corrected chi connectivity index (χ1v) is 5.04. The molecule has 3 heteroatoms. The van der Waals surface area contributed by atoms with Gasteiger partial charge in [-0.3, -0.25) is 0 Å². The van der Waals surface area contributed by atoms with Crippen LogP contribution in [0.1, 0.15) is 40.0 Å². The Bertz CT molecular complexity index is 195. The second-order valence-electron chi connectivity index (χ2n) is 3.44. The zero-order chi connectivity index (χ0) is 11.0. The van der Waals surface area contributed by atoms with E-state index in [9.17, 15) is 4.79 Å². The van der Waals surface area contributed by atoms with Crippen molar-refractivity contribution in [3.05, 3.63) is 11.8 Å². The van der Waals surface area contributed by atoms with Crippen LogP contribution in [-0.2, 0) is 14.3 Å². The van der Waals surface area contributed by atoms with Crippen LogP contribution in [0.4, 0.5) is 0 Å². The molecule has 82 valence electrons. The van der Waals surface area contributed by atoms with Crippen molar-refractivity contribution in [1.82, 2.24) is 0 Å². The molecule has 0 heterocycles. The minimum Gasteiger partial charge on any atom is -0.504 e. The monoisotopic (exact) mass is 200 g/mol. The van der Waals surface area contributed by atoms with Crippen LogP contribution in [0.25, 0.3) is 0 Å². The van der Waals surface area contributed by atoms with Gasteiger partial charge in [-0.1, -0.05) is 13.3 Å². The van der Waals surface area contributed by atoms with Gasteiger partial charge in [-0.15, -0.1) is 0 Å². The van der Waals surface area contributed by atoms with Crippen molar-refractivity contribution in [1.29, 1.82) is 0 Å². The Labute approximate surface area is 86.1 Å². The van der Waals surface area contributed by atoms with Gasteiger partial charge in [0, 0.05) is 0 Å². The number of unbranched alkanes of at least 4 members (excludes halogenated alkanes) is 1. The molecule has 0 rings (SSSR count). The standard InChI is InChI=1S/C11H20O3/c1-5-6-7-10(8-13-4)11(12)14-9(2)3/h8-9H,5-7H2,1-4H3. The number of hydrogen-bond donors (Lipinski definition) is 0. The Morgan fingerprint density at radius 2 is 2.07 bits per heavy atom. The molecule has 14 heavy (non-hydrogen) atoms. The molecule has 3 nitrogen and oxygen atoms in total. The van der Waals surface area contributed by atoms with E-state index in [1.165, 1.54) is 13.4 Å². The van der Waals surface area contributed by atoms with E-state index in [1.54, 1.807) is 0 Å². The molecule has 0 saturated heterocycles. The summed E-state index contributed by atoms with van der Waals surface area (Å²) in [5.41, 5.74) is 0.614. The Hall–Kier alpha value is -0.990. The van der Waals surface area contributed by atoms with Crippen molar-refractivity contribution in [3.63, 3.8) is 0 Å². The molecule has 0 spiro atoms. The minimum atomic E-state index is -0.268. The van der Waals surface area contributed by atoms with E-state index in [0.29, 0.717) is 5.57 Å². The maximum absolute atomic E-state index is 11.5. The summed E-state index contributed by atoms with van der Waals surface area (Å²) < 4.78 is 9.92. The van der Waals surface area contributed by atoms with E-state index in [-0.39, 0.29) is 12.1 Å². The number of carbonyl (C=O) groups excluding carboxylic acids is 1. The molecule has 0 aliphatic rings. The molecule has 0 unspecified atom stereocenters. The molecular weight excluding hydrogens is 180 g/mol. The fourth-order valence-electron chi connectivity index (χ4n) is 1.01. The van der Waals surface area contributed by atoms with E-state index in [1.807, 2.05) is 13.8 Å². The second kappa shape index (κ2) is 7.42. The average molecular weight is 200 g/mol. The lowest BCUT2D eigenvalue weighted by atomic mass is 10.1. The molecule has 0 N–H and O–H groups in total. The summed E-state index contributed by atoms with van der Waals surface area (Å²) in [6.45, 7) is 5.75. The molecule has 0 aromatic carbocycles. The number of methoxy groups -OCH3 is 1. The van der Waals surface area contributed by atoms with E-state index in [0.717, 1.165) is 19.3 Å². The van der Waals surface area contributed by atoms with E-state index < -0.39 is 0 Å². The highest BCUT2D eigenvalue weighted by atomic mass is 16.5. The van der Waals surface area contributed by atoms with Crippen molar-refractivity contribution in [2.24, 2.45) is 0 Å². The van der Waals surface area contributed by atoms with Crippen LogP contribution in [0.5, 0.6) is 0 Å². The lowest BCUT2D eigenvalue weighted by Crippen LogP contribution is -2.14. The van der Waals surface area contributed by atoms with Crippen molar-refractivity contribution >= 4 is 5.97 Å². The maximum Gasteiger partial charge on any atom is 0.337 e. The topological polar surface area (TPSA) is 35.5 Å². The average Bonchev–Trinajstić information content (AvgIpc) is 2.10. The molecule has 0 aliphatic heterocycles. The summed E-state index contributed by atoms with van der Waals surface area (Å²) >= 11 is 0. The Morgan fingerprint density at radius 1 is 1.43 bits per heavy atom. The molecule has 0 radical (unpaired) electrons. The normalized spacial score (nSPS) is 11.6. The van der Waals surface area contributed by atoms with Crippen LogP contribution < -0.4 is 0 Å². The highest BCUT2D eigenvalue weighted by Gasteiger charge is 2.12. The summed E-state index contributed by atoms with van der Waals surface area (Å²) in [6.07, 6.45) is 4.14. The number of hydrogen-bond acceptors (Lipinski definition) is 3. The van der Waals surface area contributed by atoms with E-state index in [2.05, 4.69) is 6.92 Å². The maximum atomic E-state index is 11.5. The SMILES string of the molecule is CCCCC(=COC)C(=O)OC(C)C. The Morgan fingerprint density at radius 3 is 2.50 bits per heavy atom. The van der Waals surface area contributed by atoms with Crippen molar-refractivity contribution in [3.8, 4) is 0 Å². The van der Waals surface area contributed by atoms with Gasteiger partial charge in [0.25, 0.3) is 0 Å². The Kier molecular flexibility index (Phi) is 6.89. The highest BCUT2D eigenvalue weighted by molar-refractivity contribution is 5.88. The van der Waals surface area contributed by atoms with Crippen molar-refractivity contribution in [2.75, 3.05) is 7.11 Å². The first kappa shape index (κ1) is 13.0. The summed E-state index contributed by atoms with van der Waals surface area (Å²) in [5, 5.41) is 0. The number of esters is 1. The van der Waals surface area contributed by atoms with Gasteiger partial charge in [0.2, 0.25) is 0 Å². The van der Waals surface area contributed by atoms with Gasteiger partial charge >= 0.3 is 5.97 Å². The van der Waals surface area contributed by atoms with Gasteiger partial charge in [-0.05, 0) is 26.7 Å². The van der Waals surface area contributed by atoms with Crippen molar-refractivity contribution < 1.29 is 14.3 Å².